The molecule has 0 radical (unpaired) electrons. The van der Waals surface area contributed by atoms with Crippen LogP contribution in [-0.2, 0) is 31.3 Å². The van der Waals surface area contributed by atoms with Gasteiger partial charge in [-0.15, -0.1) is 6.58 Å². The van der Waals surface area contributed by atoms with E-state index in [0.29, 0.717) is 43.1 Å². The number of benzene rings is 2. The molecule has 1 spiro atoms. The van der Waals surface area contributed by atoms with Crippen LogP contribution in [0.3, 0.4) is 0 Å². The first-order chi connectivity index (χ1) is 26.5. The van der Waals surface area contributed by atoms with Gasteiger partial charge in [-0.1, -0.05) is 37.1 Å². The fourth-order valence-electron chi connectivity index (χ4n) is 10.7. The highest BCUT2D eigenvalue weighted by atomic mass is 35.5. The van der Waals surface area contributed by atoms with Crippen LogP contribution in [0.5, 0.6) is 5.75 Å². The molecule has 0 aromatic heterocycles. The van der Waals surface area contributed by atoms with E-state index in [4.69, 9.17) is 25.8 Å². The number of morpholine rings is 1. The van der Waals surface area contributed by atoms with E-state index in [1.807, 2.05) is 31.2 Å². The minimum absolute atomic E-state index is 0.157. The smallest absolute Gasteiger partial charge is 0.264 e. The highest BCUT2D eigenvalue weighted by molar-refractivity contribution is 7.90. The maximum absolute atomic E-state index is 13.7. The summed E-state index contributed by atoms with van der Waals surface area (Å²) >= 11 is 6.53. The van der Waals surface area contributed by atoms with E-state index in [0.717, 1.165) is 120 Å². The van der Waals surface area contributed by atoms with Gasteiger partial charge in [-0.2, -0.15) is 0 Å². The topological polar surface area (TPSA) is 101 Å². The molecule has 1 N–H and O–H groups in total. The second kappa shape index (κ2) is 15.9. The summed E-state index contributed by atoms with van der Waals surface area (Å²) in [5, 5.41) is 0.00244. The summed E-state index contributed by atoms with van der Waals surface area (Å²) in [5.41, 5.74) is 3.02. The molecule has 2 aliphatic carbocycles. The quantitative estimate of drug-likeness (QED) is 0.362. The normalized spacial score (nSPS) is 34.2. The largest absolute Gasteiger partial charge is 0.490 e. The van der Waals surface area contributed by atoms with Crippen molar-refractivity contribution in [2.24, 2.45) is 17.8 Å². The van der Waals surface area contributed by atoms with Gasteiger partial charge in [0.2, 0.25) is 10.0 Å². The Hall–Kier alpha value is -2.67. The lowest BCUT2D eigenvalue weighted by molar-refractivity contribution is -0.150. The highest BCUT2D eigenvalue weighted by Gasteiger charge is 2.51. The number of aryl methyl sites for hydroxylation is 1. The Morgan fingerprint density at radius 2 is 1.93 bits per heavy atom. The summed E-state index contributed by atoms with van der Waals surface area (Å²) in [4.78, 5) is 21.4. The Morgan fingerprint density at radius 3 is 2.75 bits per heavy atom. The number of nitrogens with one attached hydrogen (secondary N) is 1. The lowest BCUT2D eigenvalue weighted by atomic mass is 9.62. The molecule has 2 aromatic rings. The van der Waals surface area contributed by atoms with E-state index >= 15 is 0 Å². The average molecular weight is 795 g/mol. The predicted octanol–water partition coefficient (Wildman–Crippen LogP) is 6.07. The molecule has 55 heavy (non-hydrogen) atoms. The molecule has 10 nitrogen and oxygen atoms in total. The number of amides is 1. The molecule has 12 heteroatoms. The van der Waals surface area contributed by atoms with Crippen LogP contribution in [0, 0.1) is 17.8 Å². The number of nitrogens with zero attached hydrogens (tertiary/aromatic N) is 3. The molecule has 2 aromatic carbocycles. The van der Waals surface area contributed by atoms with E-state index < -0.39 is 26.8 Å². The second-order valence-electron chi connectivity index (χ2n) is 17.4. The number of carbonyl (C=O) groups excluding carboxylic acids is 1. The molecule has 6 aliphatic rings. The van der Waals surface area contributed by atoms with Crippen molar-refractivity contribution >= 4 is 33.2 Å². The van der Waals surface area contributed by atoms with Crippen LogP contribution in [0.15, 0.2) is 49.1 Å². The van der Waals surface area contributed by atoms with Crippen molar-refractivity contribution in [1.29, 1.82) is 0 Å². The van der Waals surface area contributed by atoms with E-state index in [9.17, 15) is 13.2 Å². The van der Waals surface area contributed by atoms with Gasteiger partial charge in [0.05, 0.1) is 43.0 Å². The lowest BCUT2D eigenvalue weighted by Gasteiger charge is -2.54. The van der Waals surface area contributed by atoms with Gasteiger partial charge in [-0.05, 0) is 111 Å². The van der Waals surface area contributed by atoms with Crippen molar-refractivity contribution in [3.05, 3.63) is 70.8 Å². The van der Waals surface area contributed by atoms with Gasteiger partial charge in [0.1, 0.15) is 5.75 Å². The molecule has 4 aliphatic heterocycles. The molecule has 2 saturated heterocycles. The Kier molecular flexibility index (Phi) is 11.3. The summed E-state index contributed by atoms with van der Waals surface area (Å²) in [6.07, 6.45) is 9.40. The number of fused-ring (bicyclic) bond motifs is 5. The number of rotatable bonds is 5. The van der Waals surface area contributed by atoms with Gasteiger partial charge in [0.25, 0.3) is 5.91 Å². The molecule has 3 fully saturated rings. The first-order valence-electron chi connectivity index (χ1n) is 20.6. The van der Waals surface area contributed by atoms with E-state index in [1.54, 1.807) is 13.0 Å². The lowest BCUT2D eigenvalue weighted by Crippen LogP contribution is -2.63. The number of hydrogen-bond donors (Lipinski definition) is 1. The molecule has 4 heterocycles. The maximum atomic E-state index is 13.7. The molecule has 7 atom stereocenters. The van der Waals surface area contributed by atoms with E-state index in [-0.39, 0.29) is 11.3 Å². The molecule has 1 amide bonds. The zero-order valence-corrected chi connectivity index (χ0v) is 34.2. The molecular formula is C43H59ClN4O6S. The van der Waals surface area contributed by atoms with Crippen LogP contribution >= 0.6 is 11.6 Å². The summed E-state index contributed by atoms with van der Waals surface area (Å²) in [6, 6.07) is 12.1. The first kappa shape index (κ1) is 39.2. The molecule has 8 rings (SSSR count). The van der Waals surface area contributed by atoms with Crippen molar-refractivity contribution in [1.82, 2.24) is 14.5 Å². The van der Waals surface area contributed by atoms with Crippen molar-refractivity contribution in [3.63, 3.8) is 0 Å². The SMILES string of the molecule is C=CCO[C@]1(CN2CCN3CCOC[C@@H]3C2)CCC[C@H](C)[C@@H](C)S(=O)(=O)NC(=O)c2ccc3c(c2)N(C[C@@H]2CC[C@H]21)C[C@@]1(CCCc2cc(Cl)ccc21)CO3. The number of ether oxygens (including phenoxy) is 3. The fourth-order valence-corrected chi connectivity index (χ4v) is 12.2. The van der Waals surface area contributed by atoms with Crippen molar-refractivity contribution in [2.45, 2.75) is 87.5 Å². The summed E-state index contributed by atoms with van der Waals surface area (Å²) in [7, 11) is -3.95. The minimum atomic E-state index is -3.95. The molecular weight excluding hydrogens is 736 g/mol. The molecule has 300 valence electrons. The van der Waals surface area contributed by atoms with E-state index in [2.05, 4.69) is 38.1 Å². The molecule has 2 bridgehead atoms. The average Bonchev–Trinajstić information content (AvgIpc) is 3.31. The number of sulfonamides is 1. The number of hydrogen-bond acceptors (Lipinski definition) is 9. The van der Waals surface area contributed by atoms with Gasteiger partial charge in [-0.3, -0.25) is 14.6 Å². The van der Waals surface area contributed by atoms with Crippen LogP contribution in [0.4, 0.5) is 5.69 Å². The fraction of sp³-hybridized carbons (Fsp3) is 0.651. The molecule has 1 saturated carbocycles. The van der Waals surface area contributed by atoms with Crippen molar-refractivity contribution < 1.29 is 27.4 Å². The molecule has 0 unspecified atom stereocenters. The second-order valence-corrected chi connectivity index (χ2v) is 19.9. The monoisotopic (exact) mass is 794 g/mol. The van der Waals surface area contributed by atoms with Gasteiger partial charge in [0.15, 0.2) is 0 Å². The summed E-state index contributed by atoms with van der Waals surface area (Å²) in [6.45, 7) is 16.6. The Balaban J connectivity index is 1.19. The third kappa shape index (κ3) is 7.83. The van der Waals surface area contributed by atoms with Crippen molar-refractivity contribution in [2.75, 3.05) is 77.1 Å². The van der Waals surface area contributed by atoms with Crippen molar-refractivity contribution in [3.8, 4) is 5.75 Å². The third-order valence-corrected chi connectivity index (χ3v) is 16.3. The zero-order valence-electron chi connectivity index (χ0n) is 32.6. The first-order valence-corrected chi connectivity index (χ1v) is 22.6. The van der Waals surface area contributed by atoms with Gasteiger partial charge in [0, 0.05) is 67.9 Å². The minimum Gasteiger partial charge on any atom is -0.490 e. The standard InChI is InChI=1S/C43H59ClN4O6S/c1-4-20-54-43(28-46-17-18-47-19-21-52-26-36(47)25-46)16-5-7-30(2)31(3)55(50,51)45-41(49)33-10-14-40-39(23-33)48(24-34-9-12-38(34)43)27-42(29-53-40)15-6-8-32-22-35(44)11-13-37(32)42/h4,10-11,13-14,22-23,30-31,34,36,38H,1,5-9,12,15-21,24-29H2,2-3H3,(H,45,49)/t30-,31+,34-,36-,38+,42-,43-/m0/s1. The number of carbonyl (C=O) groups is 1. The van der Waals surface area contributed by atoms with Crippen LogP contribution in [-0.4, -0.2) is 113 Å². The number of anilines is 1. The van der Waals surface area contributed by atoms with Crippen LogP contribution in [0.25, 0.3) is 0 Å². The number of halogens is 1. The third-order valence-electron chi connectivity index (χ3n) is 14.1. The maximum Gasteiger partial charge on any atom is 0.264 e. The van der Waals surface area contributed by atoms with E-state index in [1.165, 1.54) is 11.1 Å². The highest BCUT2D eigenvalue weighted by Crippen LogP contribution is 2.50. The summed E-state index contributed by atoms with van der Waals surface area (Å²) < 4.78 is 49.7. The van der Waals surface area contributed by atoms with Gasteiger partial charge in [-0.25, -0.2) is 13.1 Å². The Morgan fingerprint density at radius 1 is 1.05 bits per heavy atom. The van der Waals surface area contributed by atoms with Crippen LogP contribution < -0.4 is 14.4 Å². The predicted molar refractivity (Wildman–Crippen MR) is 217 cm³/mol. The van der Waals surface area contributed by atoms with Gasteiger partial charge < -0.3 is 19.1 Å². The van der Waals surface area contributed by atoms with Crippen LogP contribution in [0.1, 0.15) is 80.3 Å². The summed E-state index contributed by atoms with van der Waals surface area (Å²) in [5.74, 6) is 0.605. The van der Waals surface area contributed by atoms with Gasteiger partial charge >= 0.3 is 0 Å². The Bertz CT molecular complexity index is 1860. The van der Waals surface area contributed by atoms with Crippen LogP contribution in [0.2, 0.25) is 5.02 Å². The Labute approximate surface area is 332 Å². The zero-order chi connectivity index (χ0) is 38.4. The number of piperazine rings is 1.